The predicted octanol–water partition coefficient (Wildman–Crippen LogP) is 3.49. The van der Waals surface area contributed by atoms with E-state index in [9.17, 15) is 14.4 Å². The molecule has 7 heteroatoms. The first-order chi connectivity index (χ1) is 15.4. The maximum Gasteiger partial charge on any atom is 0.253 e. The molecular formula is C25H24ClN3O3. The molecule has 32 heavy (non-hydrogen) atoms. The van der Waals surface area contributed by atoms with Crippen molar-refractivity contribution >= 4 is 40.7 Å². The number of halogens is 1. The van der Waals surface area contributed by atoms with Crippen LogP contribution in [-0.4, -0.2) is 41.8 Å². The van der Waals surface area contributed by atoms with Crippen LogP contribution in [0, 0.1) is 18.8 Å². The molecule has 4 atom stereocenters. The van der Waals surface area contributed by atoms with Gasteiger partial charge in [0.2, 0.25) is 11.8 Å². The van der Waals surface area contributed by atoms with E-state index in [1.54, 1.807) is 17.0 Å². The Balaban J connectivity index is 1.58. The largest absolute Gasteiger partial charge is 0.310 e. The zero-order chi connectivity index (χ0) is 22.4. The van der Waals surface area contributed by atoms with Gasteiger partial charge in [-0.1, -0.05) is 35.9 Å². The maximum atomic E-state index is 14.1. The third-order valence-electron chi connectivity index (χ3n) is 7.87. The molecule has 2 aromatic rings. The molecule has 4 aliphatic rings. The summed E-state index contributed by atoms with van der Waals surface area (Å²) >= 11 is 6.23. The van der Waals surface area contributed by atoms with E-state index < -0.39 is 17.4 Å². The van der Waals surface area contributed by atoms with Gasteiger partial charge < -0.3 is 4.90 Å². The molecule has 0 unspecified atom stereocenters. The molecule has 4 heterocycles. The quantitative estimate of drug-likeness (QED) is 0.658. The van der Waals surface area contributed by atoms with Gasteiger partial charge in [-0.15, -0.1) is 0 Å². The lowest BCUT2D eigenvalue weighted by atomic mass is 9.75. The van der Waals surface area contributed by atoms with E-state index in [1.165, 1.54) is 4.90 Å². The number of imide groups is 1. The van der Waals surface area contributed by atoms with Gasteiger partial charge in [0.25, 0.3) is 5.91 Å². The van der Waals surface area contributed by atoms with Crippen LogP contribution in [0.1, 0.15) is 30.9 Å². The number of carbonyl (C=O) groups excluding carboxylic acids is 3. The normalized spacial score (nSPS) is 31.1. The van der Waals surface area contributed by atoms with Crippen LogP contribution < -0.4 is 9.80 Å². The summed E-state index contributed by atoms with van der Waals surface area (Å²) < 4.78 is 0. The van der Waals surface area contributed by atoms with Crippen LogP contribution in [0.25, 0.3) is 0 Å². The van der Waals surface area contributed by atoms with E-state index in [0.717, 1.165) is 29.7 Å². The topological polar surface area (TPSA) is 60.9 Å². The number of benzene rings is 2. The first kappa shape index (κ1) is 19.9. The molecule has 3 saturated heterocycles. The van der Waals surface area contributed by atoms with Crippen molar-refractivity contribution in [3.63, 3.8) is 0 Å². The molecule has 1 spiro atoms. The van der Waals surface area contributed by atoms with E-state index in [1.807, 2.05) is 44.2 Å². The fourth-order valence-corrected chi connectivity index (χ4v) is 6.88. The lowest BCUT2D eigenvalue weighted by molar-refractivity contribution is -0.137. The standard InChI is InChI=1S/C25H24ClN3O3/c1-3-27-17-8-5-4-7-16(17)25(24(27)32)21-20(18-9-6-12-28(18)25)22(30)29(23(21)31)19-13-15(26)11-10-14(19)2/h4-5,7-8,10-11,13,18,20-21H,3,6,9,12H2,1-2H3/t18-,20-,21+,25-/m1/s1. The van der Waals surface area contributed by atoms with E-state index in [-0.39, 0.29) is 23.8 Å². The number of nitrogens with zero attached hydrogens (tertiary/aromatic N) is 3. The number of likely N-dealkylation sites (N-methyl/N-ethyl adjacent to an activating group) is 1. The first-order valence-electron chi connectivity index (χ1n) is 11.2. The van der Waals surface area contributed by atoms with Crippen LogP contribution in [0.3, 0.4) is 0 Å². The van der Waals surface area contributed by atoms with Gasteiger partial charge in [0.05, 0.1) is 17.5 Å². The van der Waals surface area contributed by atoms with Crippen molar-refractivity contribution in [2.45, 2.75) is 38.3 Å². The number of hydrogen-bond acceptors (Lipinski definition) is 4. The van der Waals surface area contributed by atoms with Gasteiger partial charge in [0.15, 0.2) is 0 Å². The molecule has 0 aromatic heterocycles. The van der Waals surface area contributed by atoms with E-state index >= 15 is 0 Å². The number of amides is 3. The fraction of sp³-hybridized carbons (Fsp3) is 0.400. The summed E-state index contributed by atoms with van der Waals surface area (Å²) in [4.78, 5) is 47.3. The Hall–Kier alpha value is -2.70. The van der Waals surface area contributed by atoms with Crippen LogP contribution in [0.2, 0.25) is 5.02 Å². The Labute approximate surface area is 191 Å². The molecule has 3 amide bonds. The van der Waals surface area contributed by atoms with E-state index in [4.69, 9.17) is 11.6 Å². The fourth-order valence-electron chi connectivity index (χ4n) is 6.72. The number of hydrogen-bond donors (Lipinski definition) is 0. The van der Waals surface area contributed by atoms with Crippen LogP contribution in [0.15, 0.2) is 42.5 Å². The molecule has 164 valence electrons. The number of fused-ring (bicyclic) bond motifs is 7. The number of carbonyl (C=O) groups is 3. The monoisotopic (exact) mass is 449 g/mol. The highest BCUT2D eigenvalue weighted by Gasteiger charge is 2.75. The highest BCUT2D eigenvalue weighted by atomic mass is 35.5. The molecule has 0 radical (unpaired) electrons. The highest BCUT2D eigenvalue weighted by Crippen LogP contribution is 2.61. The number of rotatable bonds is 2. The van der Waals surface area contributed by atoms with Crippen molar-refractivity contribution in [1.29, 1.82) is 0 Å². The Bertz CT molecular complexity index is 1200. The summed E-state index contributed by atoms with van der Waals surface area (Å²) in [6.45, 7) is 5.05. The van der Waals surface area contributed by atoms with Gasteiger partial charge in [-0.25, -0.2) is 4.90 Å². The van der Waals surface area contributed by atoms with Crippen molar-refractivity contribution in [2.75, 3.05) is 22.9 Å². The Morgan fingerprint density at radius 1 is 1.06 bits per heavy atom. The minimum atomic E-state index is -1.12. The zero-order valence-corrected chi connectivity index (χ0v) is 18.8. The van der Waals surface area contributed by atoms with Crippen LogP contribution in [-0.2, 0) is 19.9 Å². The van der Waals surface area contributed by atoms with Crippen molar-refractivity contribution in [3.8, 4) is 0 Å². The SMILES string of the molecule is CCN1C(=O)[C@@]2(c3ccccc31)[C@@H]1C(=O)N(c3cc(Cl)ccc3C)C(=O)[C@@H]1[C@H]1CCCN12. The summed E-state index contributed by atoms with van der Waals surface area (Å²) in [5, 5.41) is 0.472. The average Bonchev–Trinajstić information content (AvgIpc) is 3.48. The number of aryl methyl sites for hydroxylation is 1. The molecule has 4 aliphatic heterocycles. The first-order valence-corrected chi connectivity index (χ1v) is 11.6. The molecule has 2 aromatic carbocycles. The van der Waals surface area contributed by atoms with Gasteiger partial charge >= 0.3 is 0 Å². The average molecular weight is 450 g/mol. The molecular weight excluding hydrogens is 426 g/mol. The number of para-hydroxylation sites is 1. The Morgan fingerprint density at radius 3 is 2.62 bits per heavy atom. The van der Waals surface area contributed by atoms with Crippen molar-refractivity contribution in [3.05, 3.63) is 58.6 Å². The van der Waals surface area contributed by atoms with Crippen LogP contribution in [0.5, 0.6) is 0 Å². The molecule has 6 nitrogen and oxygen atoms in total. The van der Waals surface area contributed by atoms with E-state index in [2.05, 4.69) is 4.90 Å². The summed E-state index contributed by atoms with van der Waals surface area (Å²) in [7, 11) is 0. The second-order valence-electron chi connectivity index (χ2n) is 9.18. The predicted molar refractivity (Wildman–Crippen MR) is 122 cm³/mol. The summed E-state index contributed by atoms with van der Waals surface area (Å²) in [5.41, 5.74) is 1.92. The van der Waals surface area contributed by atoms with Crippen LogP contribution >= 0.6 is 11.6 Å². The molecule has 0 saturated carbocycles. The molecule has 3 fully saturated rings. The Morgan fingerprint density at radius 2 is 1.84 bits per heavy atom. The molecule has 0 N–H and O–H groups in total. The van der Waals surface area contributed by atoms with Gasteiger partial charge in [-0.05, 0) is 57.0 Å². The van der Waals surface area contributed by atoms with Crippen molar-refractivity contribution in [2.24, 2.45) is 11.8 Å². The highest BCUT2D eigenvalue weighted by molar-refractivity contribution is 6.32. The van der Waals surface area contributed by atoms with Gasteiger partial charge in [0.1, 0.15) is 5.54 Å². The third-order valence-corrected chi connectivity index (χ3v) is 8.11. The summed E-state index contributed by atoms with van der Waals surface area (Å²) in [6.07, 6.45) is 1.72. The van der Waals surface area contributed by atoms with Gasteiger partial charge in [-0.3, -0.25) is 19.3 Å². The summed E-state index contributed by atoms with van der Waals surface area (Å²) in [5.74, 6) is -1.84. The number of anilines is 2. The molecule has 0 bridgehead atoms. The van der Waals surface area contributed by atoms with Crippen LogP contribution in [0.4, 0.5) is 11.4 Å². The lowest BCUT2D eigenvalue weighted by Gasteiger charge is -2.37. The molecule has 6 rings (SSSR count). The van der Waals surface area contributed by atoms with E-state index in [0.29, 0.717) is 23.8 Å². The smallest absolute Gasteiger partial charge is 0.253 e. The minimum Gasteiger partial charge on any atom is -0.310 e. The minimum absolute atomic E-state index is 0.0774. The second kappa shape index (κ2) is 6.65. The Kier molecular flexibility index (Phi) is 4.15. The third kappa shape index (κ3) is 2.17. The van der Waals surface area contributed by atoms with Gasteiger partial charge in [0, 0.05) is 28.9 Å². The van der Waals surface area contributed by atoms with Gasteiger partial charge in [-0.2, -0.15) is 0 Å². The second-order valence-corrected chi connectivity index (χ2v) is 9.62. The lowest BCUT2D eigenvalue weighted by Crippen LogP contribution is -2.56. The van der Waals surface area contributed by atoms with Crippen molar-refractivity contribution in [1.82, 2.24) is 4.90 Å². The van der Waals surface area contributed by atoms with Crippen molar-refractivity contribution < 1.29 is 14.4 Å². The zero-order valence-electron chi connectivity index (χ0n) is 18.0. The maximum absolute atomic E-state index is 14.1. The summed E-state index contributed by atoms with van der Waals surface area (Å²) in [6, 6.07) is 12.9. The molecule has 0 aliphatic carbocycles.